The summed E-state index contributed by atoms with van der Waals surface area (Å²) in [6.45, 7) is 0. The molecule has 0 aliphatic rings. The van der Waals surface area contributed by atoms with Crippen molar-refractivity contribution in [3.63, 3.8) is 0 Å². The lowest BCUT2D eigenvalue weighted by Crippen LogP contribution is -2.05. The number of esters is 1. The van der Waals surface area contributed by atoms with Crippen LogP contribution in [0, 0.1) is 11.3 Å². The Hall–Kier alpha value is -1.20. The third-order valence-corrected chi connectivity index (χ3v) is 3.27. The van der Waals surface area contributed by atoms with Gasteiger partial charge in [-0.1, -0.05) is 0 Å². The first-order valence-electron chi connectivity index (χ1n) is 4.36. The van der Waals surface area contributed by atoms with E-state index in [1.807, 2.05) is 0 Å². The number of carbonyl (C=O) groups excluding carboxylic acids is 1. The van der Waals surface area contributed by atoms with E-state index in [-0.39, 0.29) is 20.5 Å². The van der Waals surface area contributed by atoms with Crippen molar-refractivity contribution in [2.45, 2.75) is 10.4 Å². The number of hydrogen-bond donors (Lipinski definition) is 0. The Morgan fingerprint density at radius 2 is 2.11 bits per heavy atom. The van der Waals surface area contributed by atoms with Gasteiger partial charge in [-0.2, -0.15) is 18.4 Å². The van der Waals surface area contributed by atoms with Gasteiger partial charge in [0, 0.05) is 9.37 Å². The molecule has 0 spiro atoms. The molecule has 0 saturated heterocycles. The van der Waals surface area contributed by atoms with Gasteiger partial charge in [0.15, 0.2) is 0 Å². The van der Waals surface area contributed by atoms with Crippen LogP contribution in [-0.2, 0) is 4.74 Å². The van der Waals surface area contributed by atoms with Crippen molar-refractivity contribution in [3.8, 4) is 6.07 Å². The van der Waals surface area contributed by atoms with E-state index in [2.05, 4.69) is 20.7 Å². The van der Waals surface area contributed by atoms with Crippen LogP contribution in [0.2, 0.25) is 0 Å². The zero-order chi connectivity index (χ0) is 13.9. The molecule has 96 valence electrons. The summed E-state index contributed by atoms with van der Waals surface area (Å²) in [6, 6.07) is 3.77. The van der Waals surface area contributed by atoms with Crippen molar-refractivity contribution < 1.29 is 22.7 Å². The molecule has 0 aliphatic heterocycles. The Kier molecular flexibility index (Phi) is 4.65. The SMILES string of the molecule is COC(=O)c1cc(SC(F)(F)F)c(C#N)cc1Br. The Balaban J connectivity index is 3.32. The lowest BCUT2D eigenvalue weighted by molar-refractivity contribution is -0.0328. The summed E-state index contributed by atoms with van der Waals surface area (Å²) >= 11 is 2.55. The molecule has 0 unspecified atom stereocenters. The number of benzene rings is 1. The molecule has 0 atom stereocenters. The number of thioether (sulfide) groups is 1. The molecule has 0 N–H and O–H groups in total. The molecule has 18 heavy (non-hydrogen) atoms. The fourth-order valence-electron chi connectivity index (χ4n) is 1.12. The highest BCUT2D eigenvalue weighted by molar-refractivity contribution is 9.10. The molecule has 8 heteroatoms. The van der Waals surface area contributed by atoms with E-state index in [1.54, 1.807) is 6.07 Å². The maximum Gasteiger partial charge on any atom is 0.446 e. The van der Waals surface area contributed by atoms with Crippen molar-refractivity contribution in [2.75, 3.05) is 7.11 Å². The van der Waals surface area contributed by atoms with Crippen molar-refractivity contribution in [2.24, 2.45) is 0 Å². The monoisotopic (exact) mass is 339 g/mol. The minimum absolute atomic E-state index is 0.0664. The van der Waals surface area contributed by atoms with Gasteiger partial charge in [0.05, 0.1) is 18.2 Å². The number of hydrogen-bond acceptors (Lipinski definition) is 4. The molecule has 1 rings (SSSR count). The molecule has 0 bridgehead atoms. The van der Waals surface area contributed by atoms with E-state index in [1.165, 1.54) is 0 Å². The summed E-state index contributed by atoms with van der Waals surface area (Å²) in [5.74, 6) is -0.782. The third kappa shape index (κ3) is 3.65. The molecular weight excluding hydrogens is 335 g/mol. The second-order valence-corrected chi connectivity index (χ2v) is 4.94. The molecule has 0 fully saturated rings. The van der Waals surface area contributed by atoms with E-state index in [9.17, 15) is 18.0 Å². The second-order valence-electron chi connectivity index (χ2n) is 2.98. The normalized spacial score (nSPS) is 10.9. The fraction of sp³-hybridized carbons (Fsp3) is 0.200. The molecule has 1 aromatic rings. The third-order valence-electron chi connectivity index (χ3n) is 1.82. The van der Waals surface area contributed by atoms with Crippen molar-refractivity contribution in [3.05, 3.63) is 27.7 Å². The minimum atomic E-state index is -4.53. The minimum Gasteiger partial charge on any atom is -0.465 e. The number of nitriles is 1. The van der Waals surface area contributed by atoms with E-state index >= 15 is 0 Å². The van der Waals surface area contributed by atoms with Gasteiger partial charge < -0.3 is 4.74 Å². The summed E-state index contributed by atoms with van der Waals surface area (Å²) < 4.78 is 41.5. The highest BCUT2D eigenvalue weighted by Gasteiger charge is 2.31. The zero-order valence-corrected chi connectivity index (χ0v) is 11.2. The standard InChI is InChI=1S/C10H5BrF3NO2S/c1-17-9(16)6-3-8(18-10(12,13)14)5(4-15)2-7(6)11/h2-3H,1H3. The topological polar surface area (TPSA) is 50.1 Å². The Bertz CT molecular complexity index is 525. The predicted molar refractivity (Wildman–Crippen MR) is 62.1 cm³/mol. The van der Waals surface area contributed by atoms with Crippen molar-refractivity contribution in [1.82, 2.24) is 0 Å². The number of carbonyl (C=O) groups is 1. The van der Waals surface area contributed by atoms with E-state index in [0.717, 1.165) is 19.2 Å². The number of methoxy groups -OCH3 is 1. The van der Waals surface area contributed by atoms with Crippen LogP contribution >= 0.6 is 27.7 Å². The molecule has 0 aliphatic carbocycles. The quantitative estimate of drug-likeness (QED) is 0.608. The average Bonchev–Trinajstić information content (AvgIpc) is 2.28. The summed E-state index contributed by atoms with van der Waals surface area (Å²) in [5, 5.41) is 8.76. The van der Waals surface area contributed by atoms with E-state index in [4.69, 9.17) is 5.26 Å². The molecule has 0 amide bonds. The van der Waals surface area contributed by atoms with Crippen molar-refractivity contribution >= 4 is 33.7 Å². The van der Waals surface area contributed by atoms with Gasteiger partial charge in [0.1, 0.15) is 6.07 Å². The number of rotatable bonds is 2. The maximum absolute atomic E-state index is 12.3. The molecule has 1 aromatic carbocycles. The van der Waals surface area contributed by atoms with Crippen LogP contribution in [0.15, 0.2) is 21.5 Å². The van der Waals surface area contributed by atoms with Crippen LogP contribution in [-0.4, -0.2) is 18.6 Å². The lowest BCUT2D eigenvalue weighted by atomic mass is 10.1. The first kappa shape index (κ1) is 14.9. The number of ether oxygens (including phenoxy) is 1. The first-order valence-corrected chi connectivity index (χ1v) is 5.97. The van der Waals surface area contributed by atoms with Crippen LogP contribution in [0.4, 0.5) is 13.2 Å². The van der Waals surface area contributed by atoms with Crippen LogP contribution in [0.3, 0.4) is 0 Å². The number of halogens is 4. The van der Waals surface area contributed by atoms with Gasteiger partial charge in [-0.05, 0) is 39.8 Å². The zero-order valence-electron chi connectivity index (χ0n) is 8.84. The van der Waals surface area contributed by atoms with E-state index in [0.29, 0.717) is 0 Å². The van der Waals surface area contributed by atoms with Gasteiger partial charge in [-0.15, -0.1) is 0 Å². The van der Waals surface area contributed by atoms with Crippen LogP contribution in [0.25, 0.3) is 0 Å². The highest BCUT2D eigenvalue weighted by Crippen LogP contribution is 2.40. The molecule has 3 nitrogen and oxygen atoms in total. The maximum atomic E-state index is 12.3. The Morgan fingerprint density at radius 1 is 1.50 bits per heavy atom. The number of nitrogens with zero attached hydrogens (tertiary/aromatic N) is 1. The largest absolute Gasteiger partial charge is 0.465 e. The average molecular weight is 340 g/mol. The molecule has 0 radical (unpaired) electrons. The van der Waals surface area contributed by atoms with E-state index < -0.39 is 23.2 Å². The molecule has 0 heterocycles. The summed E-state index contributed by atoms with van der Waals surface area (Å²) in [5.41, 5.74) is -4.77. The smallest absolute Gasteiger partial charge is 0.446 e. The van der Waals surface area contributed by atoms with Gasteiger partial charge in [0.2, 0.25) is 0 Å². The van der Waals surface area contributed by atoms with Crippen LogP contribution in [0.1, 0.15) is 15.9 Å². The van der Waals surface area contributed by atoms with Crippen molar-refractivity contribution in [1.29, 1.82) is 5.26 Å². The first-order chi connectivity index (χ1) is 8.28. The Labute approximate surface area is 113 Å². The molecule has 0 saturated carbocycles. The van der Waals surface area contributed by atoms with Gasteiger partial charge >= 0.3 is 11.5 Å². The predicted octanol–water partition coefficient (Wildman–Crippen LogP) is 3.72. The van der Waals surface area contributed by atoms with Crippen LogP contribution < -0.4 is 0 Å². The Morgan fingerprint density at radius 3 is 2.56 bits per heavy atom. The number of alkyl halides is 3. The second kappa shape index (κ2) is 5.63. The van der Waals surface area contributed by atoms with Gasteiger partial charge in [0.25, 0.3) is 0 Å². The fourth-order valence-corrected chi connectivity index (χ4v) is 2.26. The highest BCUT2D eigenvalue weighted by atomic mass is 79.9. The van der Waals surface area contributed by atoms with Gasteiger partial charge in [-0.3, -0.25) is 0 Å². The molecular formula is C10H5BrF3NO2S. The van der Waals surface area contributed by atoms with Crippen LogP contribution in [0.5, 0.6) is 0 Å². The molecule has 0 aromatic heterocycles. The lowest BCUT2D eigenvalue weighted by Gasteiger charge is -2.10. The summed E-state index contributed by atoms with van der Waals surface area (Å²) in [6.07, 6.45) is 0. The summed E-state index contributed by atoms with van der Waals surface area (Å²) in [7, 11) is 1.11. The summed E-state index contributed by atoms with van der Waals surface area (Å²) in [4.78, 5) is 11.0. The van der Waals surface area contributed by atoms with Gasteiger partial charge in [-0.25, -0.2) is 4.79 Å².